The van der Waals surface area contributed by atoms with Gasteiger partial charge in [-0.1, -0.05) is 29.8 Å². The molecule has 0 bridgehead atoms. The molecule has 132 valence electrons. The molecule has 1 aromatic heterocycles. The van der Waals surface area contributed by atoms with Crippen molar-refractivity contribution in [2.45, 2.75) is 25.2 Å². The van der Waals surface area contributed by atoms with Crippen LogP contribution < -0.4 is 0 Å². The summed E-state index contributed by atoms with van der Waals surface area (Å²) in [4.78, 5) is 18.8. The molecule has 2 heterocycles. The van der Waals surface area contributed by atoms with Gasteiger partial charge in [0.1, 0.15) is 6.61 Å². The van der Waals surface area contributed by atoms with E-state index in [9.17, 15) is 4.79 Å². The molecule has 25 heavy (non-hydrogen) atoms. The molecule has 2 aromatic rings. The van der Waals surface area contributed by atoms with Gasteiger partial charge in [0.25, 0.3) is 0 Å². The minimum Gasteiger partial charge on any atom is -0.375 e. The number of nitrogens with zero attached hydrogens (tertiary/aromatic N) is 2. The van der Waals surface area contributed by atoms with Crippen LogP contribution in [0.4, 0.5) is 0 Å². The summed E-state index contributed by atoms with van der Waals surface area (Å²) in [5.41, 5.74) is 3.30. The highest BCUT2D eigenvalue weighted by atomic mass is 35.5. The Balaban J connectivity index is 1.70. The zero-order valence-electron chi connectivity index (χ0n) is 14.5. The van der Waals surface area contributed by atoms with Crippen LogP contribution >= 0.6 is 11.6 Å². The maximum Gasteiger partial charge on any atom is 0.248 e. The molecule has 1 atom stereocenters. The van der Waals surface area contributed by atoms with Crippen molar-refractivity contribution in [3.63, 3.8) is 0 Å². The third-order valence-electron chi connectivity index (χ3n) is 4.59. The fourth-order valence-corrected chi connectivity index (χ4v) is 3.42. The molecule has 0 unspecified atom stereocenters. The van der Waals surface area contributed by atoms with E-state index in [0.717, 1.165) is 48.8 Å². The molecule has 1 aliphatic heterocycles. The Kier molecular flexibility index (Phi) is 6.05. The molecule has 0 spiro atoms. The Labute approximate surface area is 153 Å². The third kappa shape index (κ3) is 4.80. The number of methoxy groups -OCH3 is 1. The molecule has 1 saturated heterocycles. The van der Waals surface area contributed by atoms with Crippen LogP contribution in [0.5, 0.6) is 0 Å². The highest BCUT2D eigenvalue weighted by molar-refractivity contribution is 6.30. The van der Waals surface area contributed by atoms with Crippen LogP contribution in [0.1, 0.15) is 35.7 Å². The average molecular weight is 359 g/mol. The molecule has 0 radical (unpaired) electrons. The number of benzene rings is 1. The molecule has 1 aliphatic rings. The zero-order valence-corrected chi connectivity index (χ0v) is 15.2. The Morgan fingerprint density at radius 2 is 2.08 bits per heavy atom. The first kappa shape index (κ1) is 17.9. The number of pyridine rings is 1. The van der Waals surface area contributed by atoms with Gasteiger partial charge in [0, 0.05) is 48.9 Å². The van der Waals surface area contributed by atoms with Crippen molar-refractivity contribution >= 4 is 17.5 Å². The first-order chi connectivity index (χ1) is 12.2. The molecule has 1 fully saturated rings. The van der Waals surface area contributed by atoms with E-state index >= 15 is 0 Å². The number of amides is 1. The maximum atomic E-state index is 12.1. The van der Waals surface area contributed by atoms with E-state index in [4.69, 9.17) is 21.3 Å². The van der Waals surface area contributed by atoms with Crippen LogP contribution in [0.25, 0.3) is 0 Å². The van der Waals surface area contributed by atoms with E-state index < -0.39 is 0 Å². The Morgan fingerprint density at radius 1 is 1.28 bits per heavy atom. The fourth-order valence-electron chi connectivity index (χ4n) is 3.30. The van der Waals surface area contributed by atoms with E-state index in [1.54, 1.807) is 7.11 Å². The normalized spacial score (nSPS) is 17.5. The zero-order chi connectivity index (χ0) is 17.6. The molecule has 1 aromatic carbocycles. The number of piperidine rings is 1. The number of halogens is 1. The second-order valence-corrected chi connectivity index (χ2v) is 6.91. The van der Waals surface area contributed by atoms with Crippen LogP contribution in [-0.4, -0.2) is 42.6 Å². The standard InChI is InChI=1S/C20H23ClN2O2/c1-25-14-20(24)23-11-3-4-16(13-23)19-6-2-5-18(22-19)12-15-7-9-17(21)10-8-15/h2,5-10,16H,3-4,11-14H2,1H3/t16-/m1/s1. The van der Waals surface area contributed by atoms with E-state index in [2.05, 4.69) is 18.2 Å². The summed E-state index contributed by atoms with van der Waals surface area (Å²) in [7, 11) is 1.56. The van der Waals surface area contributed by atoms with E-state index in [0.29, 0.717) is 5.92 Å². The summed E-state index contributed by atoms with van der Waals surface area (Å²) in [6, 6.07) is 14.0. The van der Waals surface area contributed by atoms with Crippen molar-refractivity contribution in [1.29, 1.82) is 0 Å². The highest BCUT2D eigenvalue weighted by Gasteiger charge is 2.25. The van der Waals surface area contributed by atoms with Gasteiger partial charge < -0.3 is 9.64 Å². The second kappa shape index (κ2) is 8.45. The lowest BCUT2D eigenvalue weighted by Crippen LogP contribution is -2.41. The topological polar surface area (TPSA) is 42.4 Å². The number of ether oxygens (including phenoxy) is 1. The van der Waals surface area contributed by atoms with Crippen molar-refractivity contribution in [3.05, 3.63) is 64.4 Å². The van der Waals surface area contributed by atoms with Crippen molar-refractivity contribution in [2.75, 3.05) is 26.8 Å². The SMILES string of the molecule is COCC(=O)N1CCC[C@@H](c2cccc(Cc3ccc(Cl)cc3)n2)C1. The second-order valence-electron chi connectivity index (χ2n) is 6.47. The maximum absolute atomic E-state index is 12.1. The van der Waals surface area contributed by atoms with Gasteiger partial charge in [0.15, 0.2) is 0 Å². The predicted molar refractivity (Wildman–Crippen MR) is 98.9 cm³/mol. The lowest BCUT2D eigenvalue weighted by Gasteiger charge is -2.32. The van der Waals surface area contributed by atoms with Gasteiger partial charge in [-0.05, 0) is 42.7 Å². The molecule has 5 heteroatoms. The Hall–Kier alpha value is -1.91. The van der Waals surface area contributed by atoms with Crippen LogP contribution in [-0.2, 0) is 16.0 Å². The number of carbonyl (C=O) groups excluding carboxylic acids is 1. The van der Waals surface area contributed by atoms with Gasteiger partial charge in [-0.2, -0.15) is 0 Å². The molecule has 0 saturated carbocycles. The van der Waals surface area contributed by atoms with Crippen LogP contribution in [0.2, 0.25) is 5.02 Å². The van der Waals surface area contributed by atoms with Crippen LogP contribution in [0.3, 0.4) is 0 Å². The summed E-state index contributed by atoms with van der Waals surface area (Å²) in [5.74, 6) is 0.351. The number of rotatable bonds is 5. The van der Waals surface area contributed by atoms with Crippen molar-refractivity contribution in [2.24, 2.45) is 0 Å². The number of hydrogen-bond acceptors (Lipinski definition) is 3. The summed E-state index contributed by atoms with van der Waals surface area (Å²) >= 11 is 5.95. The molecule has 0 N–H and O–H groups in total. The van der Waals surface area contributed by atoms with Gasteiger partial charge in [0.2, 0.25) is 5.91 Å². The molecule has 0 aliphatic carbocycles. The lowest BCUT2D eigenvalue weighted by molar-refractivity contribution is -0.136. The number of hydrogen-bond donors (Lipinski definition) is 0. The lowest BCUT2D eigenvalue weighted by atomic mass is 9.94. The first-order valence-corrected chi connectivity index (χ1v) is 9.00. The van der Waals surface area contributed by atoms with Gasteiger partial charge in [-0.15, -0.1) is 0 Å². The molecule has 1 amide bonds. The van der Waals surface area contributed by atoms with Gasteiger partial charge in [-0.3, -0.25) is 9.78 Å². The highest BCUT2D eigenvalue weighted by Crippen LogP contribution is 2.26. The van der Waals surface area contributed by atoms with Crippen LogP contribution in [0.15, 0.2) is 42.5 Å². The van der Waals surface area contributed by atoms with E-state index in [-0.39, 0.29) is 12.5 Å². The summed E-state index contributed by atoms with van der Waals surface area (Å²) in [6.45, 7) is 1.68. The largest absolute Gasteiger partial charge is 0.375 e. The van der Waals surface area contributed by atoms with Crippen molar-refractivity contribution in [3.8, 4) is 0 Å². The minimum absolute atomic E-state index is 0.0597. The molecular weight excluding hydrogens is 336 g/mol. The average Bonchev–Trinajstić information content (AvgIpc) is 2.64. The summed E-state index contributed by atoms with van der Waals surface area (Å²) in [5, 5.41) is 0.744. The van der Waals surface area contributed by atoms with Gasteiger partial charge in [-0.25, -0.2) is 0 Å². The number of likely N-dealkylation sites (tertiary alicyclic amines) is 1. The Bertz CT molecular complexity index is 718. The molecular formula is C20H23ClN2O2. The summed E-state index contributed by atoms with van der Waals surface area (Å²) < 4.78 is 4.98. The smallest absolute Gasteiger partial charge is 0.248 e. The quantitative estimate of drug-likeness (QED) is 0.818. The van der Waals surface area contributed by atoms with E-state index in [1.165, 1.54) is 5.56 Å². The number of aromatic nitrogens is 1. The van der Waals surface area contributed by atoms with Crippen molar-refractivity contribution < 1.29 is 9.53 Å². The van der Waals surface area contributed by atoms with Gasteiger partial charge in [0.05, 0.1) is 0 Å². The third-order valence-corrected chi connectivity index (χ3v) is 4.84. The van der Waals surface area contributed by atoms with Gasteiger partial charge >= 0.3 is 0 Å². The summed E-state index contributed by atoms with van der Waals surface area (Å²) in [6.07, 6.45) is 2.85. The molecule has 3 rings (SSSR count). The monoisotopic (exact) mass is 358 g/mol. The Morgan fingerprint density at radius 3 is 2.84 bits per heavy atom. The van der Waals surface area contributed by atoms with Crippen molar-refractivity contribution in [1.82, 2.24) is 9.88 Å². The van der Waals surface area contributed by atoms with Crippen LogP contribution in [0, 0.1) is 0 Å². The molecule has 4 nitrogen and oxygen atoms in total. The first-order valence-electron chi connectivity index (χ1n) is 8.62. The predicted octanol–water partition coefficient (Wildman–Crippen LogP) is 3.68. The fraction of sp³-hybridized carbons (Fsp3) is 0.400. The number of carbonyl (C=O) groups is 1. The van der Waals surface area contributed by atoms with E-state index in [1.807, 2.05) is 29.2 Å². The minimum atomic E-state index is 0.0597.